The zero-order valence-electron chi connectivity index (χ0n) is 20.4. The summed E-state index contributed by atoms with van der Waals surface area (Å²) in [6.45, 7) is 1.98. The van der Waals surface area contributed by atoms with Crippen molar-refractivity contribution in [3.05, 3.63) is 88.1 Å². The van der Waals surface area contributed by atoms with Crippen LogP contribution >= 0.6 is 23.1 Å². The molecule has 5 rings (SSSR count). The number of nitriles is 1. The Morgan fingerprint density at radius 3 is 2.66 bits per heavy atom. The number of carbonyl (C=O) groups is 2. The molecule has 3 aromatic rings. The first-order valence-electron chi connectivity index (χ1n) is 11.9. The second-order valence-corrected chi connectivity index (χ2v) is 11.1. The number of anilines is 2. The number of ketones is 1. The highest BCUT2D eigenvalue weighted by Gasteiger charge is 2.41. The Morgan fingerprint density at radius 1 is 1.21 bits per heavy atom. The van der Waals surface area contributed by atoms with E-state index in [1.807, 2.05) is 31.2 Å². The molecule has 2 aliphatic rings. The second kappa shape index (κ2) is 10.8. The number of nitrogens with two attached hydrogens (primary N) is 1. The van der Waals surface area contributed by atoms with Gasteiger partial charge < -0.3 is 11.1 Å². The van der Waals surface area contributed by atoms with Gasteiger partial charge in [-0.15, -0.1) is 10.2 Å². The third-order valence-electron chi connectivity index (χ3n) is 6.37. The van der Waals surface area contributed by atoms with Crippen molar-refractivity contribution in [1.82, 2.24) is 10.2 Å². The molecular formula is C27H23FN6O2S2. The van der Waals surface area contributed by atoms with Gasteiger partial charge in [-0.1, -0.05) is 52.9 Å². The van der Waals surface area contributed by atoms with Gasteiger partial charge in [-0.05, 0) is 49.6 Å². The van der Waals surface area contributed by atoms with E-state index in [0.29, 0.717) is 45.6 Å². The zero-order chi connectivity index (χ0) is 26.8. The number of benzene rings is 2. The number of nitrogens with one attached hydrogen (secondary N) is 1. The summed E-state index contributed by atoms with van der Waals surface area (Å²) >= 11 is 2.43. The molecule has 0 saturated heterocycles. The van der Waals surface area contributed by atoms with Gasteiger partial charge in [-0.25, -0.2) is 4.39 Å². The van der Waals surface area contributed by atoms with Crippen molar-refractivity contribution in [3.63, 3.8) is 0 Å². The van der Waals surface area contributed by atoms with Crippen molar-refractivity contribution in [3.8, 4) is 6.07 Å². The fraction of sp³-hybridized carbons (Fsp3) is 0.222. The van der Waals surface area contributed by atoms with E-state index in [1.54, 1.807) is 4.90 Å². The minimum absolute atomic E-state index is 0.00125. The topological polar surface area (TPSA) is 125 Å². The molecule has 1 aromatic heterocycles. The van der Waals surface area contributed by atoms with Gasteiger partial charge in [0.05, 0.1) is 23.3 Å². The van der Waals surface area contributed by atoms with Gasteiger partial charge in [0, 0.05) is 23.4 Å². The molecule has 1 unspecified atom stereocenters. The fourth-order valence-corrected chi connectivity index (χ4v) is 6.29. The minimum Gasteiger partial charge on any atom is -0.384 e. The van der Waals surface area contributed by atoms with Crippen molar-refractivity contribution >= 4 is 45.6 Å². The fourth-order valence-electron chi connectivity index (χ4n) is 4.61. The van der Waals surface area contributed by atoms with Gasteiger partial charge in [-0.2, -0.15) is 5.26 Å². The van der Waals surface area contributed by atoms with Gasteiger partial charge in [0.1, 0.15) is 11.6 Å². The number of nitrogens with zero attached hydrogens (tertiary/aromatic N) is 4. The Kier molecular flexibility index (Phi) is 7.26. The predicted octanol–water partition coefficient (Wildman–Crippen LogP) is 5.02. The SMILES string of the molecule is Cc1ccc(C2C(C#N)=C(N)N(c3nnc(SCC(=O)Nc4ccc(F)cc4)s3)C3=C2C(=O)CCC3)cc1. The largest absolute Gasteiger partial charge is 0.384 e. The monoisotopic (exact) mass is 546 g/mol. The first-order valence-corrected chi connectivity index (χ1v) is 13.7. The van der Waals surface area contributed by atoms with Gasteiger partial charge in [0.15, 0.2) is 10.1 Å². The van der Waals surface area contributed by atoms with Crippen molar-refractivity contribution in [1.29, 1.82) is 5.26 Å². The molecule has 192 valence electrons. The van der Waals surface area contributed by atoms with E-state index in [9.17, 15) is 19.2 Å². The molecule has 8 nitrogen and oxygen atoms in total. The molecule has 1 amide bonds. The van der Waals surface area contributed by atoms with Gasteiger partial charge in [-0.3, -0.25) is 14.5 Å². The van der Waals surface area contributed by atoms with Crippen LogP contribution in [0.3, 0.4) is 0 Å². The summed E-state index contributed by atoms with van der Waals surface area (Å²) < 4.78 is 13.6. The molecule has 1 aliphatic carbocycles. The highest BCUT2D eigenvalue weighted by atomic mass is 32.2. The summed E-state index contributed by atoms with van der Waals surface area (Å²) in [4.78, 5) is 27.2. The number of allylic oxidation sites excluding steroid dienone is 3. The minimum atomic E-state index is -0.531. The van der Waals surface area contributed by atoms with Crippen LogP contribution in [-0.4, -0.2) is 27.6 Å². The summed E-state index contributed by atoms with van der Waals surface area (Å²) in [6, 6.07) is 15.5. The normalized spacial score (nSPS) is 17.3. The van der Waals surface area contributed by atoms with E-state index in [2.05, 4.69) is 21.6 Å². The maximum Gasteiger partial charge on any atom is 0.234 e. The number of thioether (sulfide) groups is 1. The van der Waals surface area contributed by atoms with Crippen molar-refractivity contribution in [2.24, 2.45) is 5.73 Å². The number of amides is 1. The number of Topliss-reactive ketones (excluding diaryl/α,β-unsaturated/α-hetero) is 1. The number of aromatic nitrogens is 2. The van der Waals surface area contributed by atoms with Crippen LogP contribution in [0.1, 0.15) is 36.3 Å². The average Bonchev–Trinajstić information content (AvgIpc) is 3.37. The van der Waals surface area contributed by atoms with Crippen LogP contribution in [0.15, 0.2) is 75.5 Å². The van der Waals surface area contributed by atoms with E-state index in [0.717, 1.165) is 16.8 Å². The molecule has 38 heavy (non-hydrogen) atoms. The summed E-state index contributed by atoms with van der Waals surface area (Å²) in [6.07, 6.45) is 1.70. The summed E-state index contributed by atoms with van der Waals surface area (Å²) in [5.74, 6) is -0.884. The molecule has 1 aliphatic heterocycles. The summed E-state index contributed by atoms with van der Waals surface area (Å²) in [5, 5.41) is 21.8. The molecule has 1 atom stereocenters. The molecular weight excluding hydrogens is 523 g/mol. The molecule has 2 heterocycles. The third-order valence-corrected chi connectivity index (χ3v) is 8.41. The first-order chi connectivity index (χ1) is 18.4. The number of aryl methyl sites for hydroxylation is 1. The lowest BCUT2D eigenvalue weighted by Crippen LogP contribution is -2.38. The standard InChI is InChI=1S/C27H23FN6O2S2/c1-15-5-7-16(8-6-15)23-19(13-29)25(30)34(20-3-2-4-21(35)24(20)23)26-32-33-27(38-26)37-14-22(36)31-18-11-9-17(28)10-12-18/h5-12,23H,2-4,14,30H2,1H3,(H,31,36). The van der Waals surface area contributed by atoms with Crippen LogP contribution in [0.2, 0.25) is 0 Å². The maximum absolute atomic E-state index is 13.2. The third kappa shape index (κ3) is 5.05. The average molecular weight is 547 g/mol. The molecule has 11 heteroatoms. The second-order valence-electron chi connectivity index (χ2n) is 8.92. The number of carbonyl (C=O) groups excluding carboxylic acids is 2. The van der Waals surface area contributed by atoms with E-state index >= 15 is 0 Å². The molecule has 3 N–H and O–H groups in total. The van der Waals surface area contributed by atoms with Crippen LogP contribution in [0, 0.1) is 24.1 Å². The van der Waals surface area contributed by atoms with E-state index in [1.165, 1.54) is 47.4 Å². The van der Waals surface area contributed by atoms with Gasteiger partial charge >= 0.3 is 0 Å². The molecule has 0 radical (unpaired) electrons. The Morgan fingerprint density at radius 2 is 1.95 bits per heavy atom. The number of halogens is 1. The van der Waals surface area contributed by atoms with E-state index in [-0.39, 0.29) is 29.1 Å². The maximum atomic E-state index is 13.2. The number of hydrogen-bond acceptors (Lipinski definition) is 9. The summed E-state index contributed by atoms with van der Waals surface area (Å²) in [7, 11) is 0. The highest BCUT2D eigenvalue weighted by molar-refractivity contribution is 8.01. The van der Waals surface area contributed by atoms with Gasteiger partial charge in [0.2, 0.25) is 11.0 Å². The van der Waals surface area contributed by atoms with Crippen molar-refractivity contribution in [2.75, 3.05) is 16.0 Å². The van der Waals surface area contributed by atoms with E-state index < -0.39 is 5.92 Å². The van der Waals surface area contributed by atoms with Crippen LogP contribution < -0.4 is 16.0 Å². The van der Waals surface area contributed by atoms with Crippen molar-refractivity contribution < 1.29 is 14.0 Å². The smallest absolute Gasteiger partial charge is 0.234 e. The Hall–Kier alpha value is -4.01. The van der Waals surface area contributed by atoms with Crippen LogP contribution in [-0.2, 0) is 9.59 Å². The molecule has 0 saturated carbocycles. The lowest BCUT2D eigenvalue weighted by molar-refractivity contribution is -0.116. The van der Waals surface area contributed by atoms with Crippen LogP contribution in [0.5, 0.6) is 0 Å². The Bertz CT molecular complexity index is 1510. The molecule has 2 aromatic carbocycles. The van der Waals surface area contributed by atoms with Crippen LogP contribution in [0.4, 0.5) is 15.2 Å². The number of hydrogen-bond donors (Lipinski definition) is 2. The zero-order valence-corrected chi connectivity index (χ0v) is 22.0. The van der Waals surface area contributed by atoms with Crippen molar-refractivity contribution in [2.45, 2.75) is 36.4 Å². The molecule has 0 spiro atoms. The quantitative estimate of drug-likeness (QED) is 0.413. The van der Waals surface area contributed by atoms with E-state index in [4.69, 9.17) is 5.73 Å². The molecule has 0 fully saturated rings. The Labute approximate surface area is 227 Å². The lowest BCUT2D eigenvalue weighted by atomic mass is 9.75. The highest BCUT2D eigenvalue weighted by Crippen LogP contribution is 2.47. The lowest BCUT2D eigenvalue weighted by Gasteiger charge is -2.38. The molecule has 0 bridgehead atoms. The predicted molar refractivity (Wildman–Crippen MR) is 145 cm³/mol. The van der Waals surface area contributed by atoms with Gasteiger partial charge in [0.25, 0.3) is 0 Å². The summed E-state index contributed by atoms with van der Waals surface area (Å²) in [5.41, 5.74) is 10.6. The number of rotatable bonds is 6. The van der Waals surface area contributed by atoms with Crippen LogP contribution in [0.25, 0.3) is 0 Å². The Balaban J connectivity index is 1.41. The first kappa shape index (κ1) is 25.6.